The van der Waals surface area contributed by atoms with Gasteiger partial charge in [-0.2, -0.15) is 43.9 Å². The van der Waals surface area contributed by atoms with Crippen LogP contribution >= 0.6 is 22.9 Å². The second-order valence-electron chi connectivity index (χ2n) is 4.53. The van der Waals surface area contributed by atoms with Crippen LogP contribution in [-0.4, -0.2) is 40.0 Å². The lowest BCUT2D eigenvalue weighted by Gasteiger charge is -2.37. The molecule has 1 heterocycles. The molecule has 0 fully saturated rings. The van der Waals surface area contributed by atoms with Crippen LogP contribution < -0.4 is 5.32 Å². The molecule has 0 aliphatic carbocycles. The smallest absolute Gasteiger partial charge is 0.296 e. The van der Waals surface area contributed by atoms with Crippen molar-refractivity contribution in [3.63, 3.8) is 0 Å². The van der Waals surface area contributed by atoms with Crippen LogP contribution in [0.1, 0.15) is 4.88 Å². The van der Waals surface area contributed by atoms with E-state index in [4.69, 9.17) is 0 Å². The number of halogens is 11. The largest absolute Gasteiger partial charge is 0.393 e. The molecule has 0 aliphatic heterocycles. The van der Waals surface area contributed by atoms with Gasteiger partial charge in [0.2, 0.25) is 0 Å². The highest BCUT2D eigenvalue weighted by Crippen LogP contribution is 2.58. The zero-order valence-electron chi connectivity index (χ0n) is 11.5. The molecule has 1 aromatic rings. The van der Waals surface area contributed by atoms with Crippen LogP contribution in [0.3, 0.4) is 0 Å². The van der Waals surface area contributed by atoms with E-state index in [2.05, 4.69) is 16.6 Å². The van der Waals surface area contributed by atoms with Crippen molar-refractivity contribution >= 4 is 34.0 Å². The number of rotatable bonds is 6. The van der Waals surface area contributed by atoms with Crippen LogP contribution in [0.4, 0.5) is 49.0 Å². The number of hydrogen-bond donors (Lipinski definition) is 1. The predicted octanol–water partition coefficient (Wildman–Crippen LogP) is 4.76. The molecule has 0 spiro atoms. The number of alkyl halides is 11. The van der Waals surface area contributed by atoms with E-state index >= 15 is 0 Å². The summed E-state index contributed by atoms with van der Waals surface area (Å²) < 4.78 is 130. The number of aryl methyl sites for hydroxylation is 1. The number of thiazole rings is 1. The van der Waals surface area contributed by atoms with Crippen LogP contribution in [0.5, 0.6) is 0 Å². The van der Waals surface area contributed by atoms with Crippen LogP contribution in [-0.2, 0) is 4.79 Å². The van der Waals surface area contributed by atoms with E-state index in [1.54, 1.807) is 0 Å². The summed E-state index contributed by atoms with van der Waals surface area (Å²) in [5.41, 5.74) is 0. The number of carbonyl (C=O) groups excluding carboxylic acids is 1. The number of hydrogen-bond acceptors (Lipinski definition) is 3. The number of carbonyl (C=O) groups is 1. The van der Waals surface area contributed by atoms with E-state index in [0.29, 0.717) is 11.3 Å². The summed E-state index contributed by atoms with van der Waals surface area (Å²) in [4.78, 5) is 14.7. The first kappa shape index (κ1) is 21.7. The Morgan fingerprint density at radius 1 is 1.00 bits per heavy atom. The van der Waals surface area contributed by atoms with Crippen LogP contribution in [0.2, 0.25) is 0 Å². The third-order valence-electron chi connectivity index (χ3n) is 2.67. The average Bonchev–Trinajstić information content (AvgIpc) is 2.81. The van der Waals surface area contributed by atoms with E-state index in [1.165, 1.54) is 6.92 Å². The van der Waals surface area contributed by atoms with Crippen molar-refractivity contribution in [2.75, 3.05) is 5.32 Å². The predicted molar refractivity (Wildman–Crippen MR) is 66.1 cm³/mol. The van der Waals surface area contributed by atoms with Gasteiger partial charge >= 0.3 is 35.0 Å². The van der Waals surface area contributed by atoms with Crippen molar-refractivity contribution < 1.29 is 48.7 Å². The van der Waals surface area contributed by atoms with E-state index < -0.39 is 40.1 Å². The first-order valence-corrected chi connectivity index (χ1v) is 6.91. The minimum atomic E-state index is -7.38. The minimum absolute atomic E-state index is 0.282. The lowest BCUT2D eigenvalue weighted by atomic mass is 9.98. The first-order chi connectivity index (χ1) is 10.9. The summed E-state index contributed by atoms with van der Waals surface area (Å²) >= 11 is 4.09. The van der Waals surface area contributed by atoms with Crippen molar-refractivity contribution in [1.82, 2.24) is 4.98 Å². The van der Waals surface area contributed by atoms with Gasteiger partial charge in [-0.3, -0.25) is 10.1 Å². The molecule has 0 aliphatic rings. The second-order valence-corrected chi connectivity index (χ2v) is 6.23. The Labute approximate surface area is 141 Å². The molecule has 0 atom stereocenters. The Balaban J connectivity index is 3.26. The van der Waals surface area contributed by atoms with E-state index in [9.17, 15) is 48.7 Å². The quantitative estimate of drug-likeness (QED) is 0.526. The Hall–Kier alpha value is -1.31. The minimum Gasteiger partial charge on any atom is -0.296 e. The Morgan fingerprint density at radius 2 is 1.48 bits per heavy atom. The lowest BCUT2D eigenvalue weighted by Crippen LogP contribution is -2.68. The van der Waals surface area contributed by atoms with Gasteiger partial charge in [0, 0.05) is 11.1 Å². The molecule has 15 heteroatoms. The molecule has 0 bridgehead atoms. The number of anilines is 1. The van der Waals surface area contributed by atoms with Gasteiger partial charge in [0.25, 0.3) is 0 Å². The summed E-state index contributed by atoms with van der Waals surface area (Å²) in [6.07, 6.45) is 0.980. The highest BCUT2D eigenvalue weighted by molar-refractivity contribution is 7.15. The molecule has 0 saturated heterocycles. The fraction of sp³-hybridized carbons (Fsp3) is 0.600. The summed E-state index contributed by atoms with van der Waals surface area (Å²) in [6.45, 7) is 1.34. The van der Waals surface area contributed by atoms with Gasteiger partial charge in [0.05, 0.1) is 0 Å². The number of aromatic nitrogens is 1. The second kappa shape index (κ2) is 6.14. The van der Waals surface area contributed by atoms with E-state index in [-0.39, 0.29) is 4.88 Å². The molecule has 1 rings (SSSR count). The number of nitrogens with one attached hydrogen (secondary N) is 1. The fourth-order valence-corrected chi connectivity index (χ4v) is 2.08. The number of amides is 1. The van der Waals surface area contributed by atoms with Gasteiger partial charge in [-0.05, 0) is 18.5 Å². The van der Waals surface area contributed by atoms with Crippen LogP contribution in [0.15, 0.2) is 6.20 Å². The van der Waals surface area contributed by atoms with Gasteiger partial charge in [-0.15, -0.1) is 11.3 Å². The van der Waals surface area contributed by atoms with Crippen LogP contribution in [0.25, 0.3) is 0 Å². The molecule has 0 saturated carbocycles. The Bertz CT molecular complexity index is 656. The summed E-state index contributed by atoms with van der Waals surface area (Å²) in [5.74, 6) is -31.4. The molecular weight excluding hydrogens is 422 g/mol. The maximum absolute atomic E-state index is 13.4. The molecule has 1 N–H and O–H groups in total. The fourth-order valence-electron chi connectivity index (χ4n) is 1.30. The number of nitrogens with zero attached hydrogens (tertiary/aromatic N) is 1. The third-order valence-corrected chi connectivity index (χ3v) is 3.73. The monoisotopic (exact) mass is 426 g/mol. The van der Waals surface area contributed by atoms with Gasteiger partial charge in [-0.25, -0.2) is 4.98 Å². The average molecular weight is 427 g/mol. The topological polar surface area (TPSA) is 42.0 Å². The molecule has 3 nitrogen and oxygen atoms in total. The zero-order valence-corrected chi connectivity index (χ0v) is 13.1. The van der Waals surface area contributed by atoms with E-state index in [0.717, 1.165) is 11.5 Å². The van der Waals surface area contributed by atoms with Crippen LogP contribution in [0, 0.1) is 6.92 Å². The van der Waals surface area contributed by atoms with Gasteiger partial charge < -0.3 is 0 Å². The normalized spacial score (nSPS) is 14.6. The highest BCUT2D eigenvalue weighted by atomic mass is 35.5. The van der Waals surface area contributed by atoms with Crippen molar-refractivity contribution in [3.05, 3.63) is 11.1 Å². The molecule has 1 amide bonds. The molecule has 0 unspecified atom stereocenters. The summed E-state index contributed by atoms with van der Waals surface area (Å²) in [5, 5.41) is -6.04. The highest BCUT2D eigenvalue weighted by Gasteiger charge is 2.87. The van der Waals surface area contributed by atoms with Crippen molar-refractivity contribution in [1.29, 1.82) is 0 Å². The van der Waals surface area contributed by atoms with Gasteiger partial charge in [-0.1, -0.05) is 0 Å². The Kier molecular flexibility index (Phi) is 5.34. The van der Waals surface area contributed by atoms with Crippen molar-refractivity contribution in [2.45, 2.75) is 36.0 Å². The first-order valence-electron chi connectivity index (χ1n) is 5.71. The molecule has 25 heavy (non-hydrogen) atoms. The summed E-state index contributed by atoms with van der Waals surface area (Å²) in [7, 11) is 0. The standard InChI is InChI=1S/C10H5ClF10N2OS/c1-3-2-22-5(25-3)23-4(24)6(12,13)7(14,15)8(16,17)9(18,19)10(11,20)21/h2H,1H3,(H,22,23,24). The third kappa shape index (κ3) is 3.37. The maximum atomic E-state index is 13.4. The molecule has 1 aromatic heterocycles. The molecular formula is C10H5ClF10N2OS. The summed E-state index contributed by atoms with van der Waals surface area (Å²) in [6, 6.07) is 0. The van der Waals surface area contributed by atoms with Crippen molar-refractivity contribution in [2.24, 2.45) is 0 Å². The maximum Gasteiger partial charge on any atom is 0.393 e. The van der Waals surface area contributed by atoms with Gasteiger partial charge in [0.1, 0.15) is 0 Å². The lowest BCUT2D eigenvalue weighted by molar-refractivity contribution is -0.381. The van der Waals surface area contributed by atoms with Crippen molar-refractivity contribution in [3.8, 4) is 0 Å². The molecule has 144 valence electrons. The van der Waals surface area contributed by atoms with E-state index in [1.807, 2.05) is 0 Å². The molecule has 0 radical (unpaired) electrons. The zero-order chi connectivity index (χ0) is 20.1. The molecule has 0 aromatic carbocycles. The SMILES string of the molecule is Cc1cnc(NC(=O)C(F)(F)C(F)(F)C(F)(F)C(F)(F)C(F)(F)Cl)s1. The Morgan fingerprint density at radius 3 is 1.84 bits per heavy atom. The van der Waals surface area contributed by atoms with Gasteiger partial charge in [0.15, 0.2) is 5.13 Å².